The summed E-state index contributed by atoms with van der Waals surface area (Å²) >= 11 is 0. The number of Topliss-reactive ketones (excluding diaryl/α,β-unsaturated/α-hetero) is 1. The minimum absolute atomic E-state index is 0.134. The van der Waals surface area contributed by atoms with E-state index in [-0.39, 0.29) is 30.4 Å². The van der Waals surface area contributed by atoms with Crippen LogP contribution in [0.2, 0.25) is 0 Å². The number of ketones is 1. The highest BCUT2D eigenvalue weighted by molar-refractivity contribution is 5.97. The summed E-state index contributed by atoms with van der Waals surface area (Å²) in [6.45, 7) is 9.10. The molecule has 0 radical (unpaired) electrons. The lowest BCUT2D eigenvalue weighted by atomic mass is 10.00. The minimum atomic E-state index is -0.811. The van der Waals surface area contributed by atoms with E-state index >= 15 is 0 Å². The van der Waals surface area contributed by atoms with Crippen molar-refractivity contribution < 1.29 is 23.5 Å². The number of carbonyl (C=O) groups is 2. The van der Waals surface area contributed by atoms with Gasteiger partial charge in [-0.15, -0.1) is 10.2 Å². The summed E-state index contributed by atoms with van der Waals surface area (Å²) < 4.78 is 16.4. The van der Waals surface area contributed by atoms with Crippen molar-refractivity contribution in [3.8, 4) is 0 Å². The maximum Gasteiger partial charge on any atom is 0.408 e. The Bertz CT molecular complexity index is 615. The number of alkyl carbamates (subject to hydrolysis) is 1. The van der Waals surface area contributed by atoms with Crippen LogP contribution in [0.25, 0.3) is 0 Å². The molecular formula is C18H29N3O5. The number of nitrogens with zero attached hydrogens (tertiary/aromatic N) is 2. The first-order valence-electron chi connectivity index (χ1n) is 9.13. The first-order chi connectivity index (χ1) is 12.2. The van der Waals surface area contributed by atoms with Gasteiger partial charge in [-0.1, -0.05) is 26.7 Å². The summed E-state index contributed by atoms with van der Waals surface area (Å²) in [7, 11) is 0. The number of rotatable bonds is 7. The zero-order chi connectivity index (χ0) is 19.3. The molecule has 146 valence electrons. The quantitative estimate of drug-likeness (QED) is 0.738. The van der Waals surface area contributed by atoms with Crippen LogP contribution in [0.5, 0.6) is 0 Å². The van der Waals surface area contributed by atoms with Crippen molar-refractivity contribution in [2.75, 3.05) is 0 Å². The normalized spacial score (nSPS) is 16.7. The molecule has 1 N–H and O–H groups in total. The van der Waals surface area contributed by atoms with E-state index in [4.69, 9.17) is 13.9 Å². The van der Waals surface area contributed by atoms with Crippen molar-refractivity contribution in [2.45, 2.75) is 84.7 Å². The summed E-state index contributed by atoms with van der Waals surface area (Å²) in [5.41, 5.74) is -0.649. The Balaban J connectivity index is 1.96. The Morgan fingerprint density at radius 3 is 2.46 bits per heavy atom. The van der Waals surface area contributed by atoms with Gasteiger partial charge in [-0.25, -0.2) is 4.79 Å². The van der Waals surface area contributed by atoms with E-state index in [0.717, 1.165) is 12.8 Å². The van der Waals surface area contributed by atoms with Crippen LogP contribution in [-0.2, 0) is 16.1 Å². The lowest BCUT2D eigenvalue weighted by Crippen LogP contribution is -2.46. The van der Waals surface area contributed by atoms with Crippen LogP contribution in [0.4, 0.5) is 4.79 Å². The number of aromatic nitrogens is 2. The van der Waals surface area contributed by atoms with Gasteiger partial charge >= 0.3 is 6.09 Å². The summed E-state index contributed by atoms with van der Waals surface area (Å²) in [6, 6.07) is -0.811. The second-order valence-electron chi connectivity index (χ2n) is 7.95. The van der Waals surface area contributed by atoms with E-state index in [1.807, 2.05) is 13.8 Å². The summed E-state index contributed by atoms with van der Waals surface area (Å²) in [5.74, 6) is -0.476. The predicted octanol–water partition coefficient (Wildman–Crippen LogP) is 3.26. The maximum atomic E-state index is 12.7. The van der Waals surface area contributed by atoms with Crippen molar-refractivity contribution in [2.24, 2.45) is 5.92 Å². The van der Waals surface area contributed by atoms with Gasteiger partial charge in [0.2, 0.25) is 11.7 Å². The van der Waals surface area contributed by atoms with Gasteiger partial charge in [-0.3, -0.25) is 4.79 Å². The van der Waals surface area contributed by atoms with Gasteiger partial charge in [-0.2, -0.15) is 0 Å². The molecule has 0 aromatic carbocycles. The van der Waals surface area contributed by atoms with Gasteiger partial charge in [0.05, 0.1) is 6.10 Å². The molecule has 1 atom stereocenters. The molecule has 1 aromatic rings. The van der Waals surface area contributed by atoms with Crippen molar-refractivity contribution in [1.29, 1.82) is 0 Å². The van der Waals surface area contributed by atoms with Gasteiger partial charge < -0.3 is 19.2 Å². The molecule has 0 bridgehead atoms. The molecule has 26 heavy (non-hydrogen) atoms. The summed E-state index contributed by atoms with van der Waals surface area (Å²) in [6.07, 6.45) is 3.98. The van der Waals surface area contributed by atoms with E-state index in [2.05, 4.69) is 15.5 Å². The Morgan fingerprint density at radius 1 is 1.23 bits per heavy atom. The predicted molar refractivity (Wildman–Crippen MR) is 93.7 cm³/mol. The molecule has 1 aliphatic carbocycles. The van der Waals surface area contributed by atoms with E-state index in [0.29, 0.717) is 0 Å². The van der Waals surface area contributed by atoms with Crippen LogP contribution in [0.1, 0.15) is 76.9 Å². The summed E-state index contributed by atoms with van der Waals surface area (Å²) in [5, 5.41) is 10.3. The Kier molecular flexibility index (Phi) is 6.75. The second kappa shape index (κ2) is 8.62. The fraction of sp³-hybridized carbons (Fsp3) is 0.778. The molecule has 1 fully saturated rings. The third-order valence-corrected chi connectivity index (χ3v) is 4.04. The summed E-state index contributed by atoms with van der Waals surface area (Å²) in [4.78, 5) is 24.6. The first-order valence-corrected chi connectivity index (χ1v) is 9.13. The van der Waals surface area contributed by atoms with Gasteiger partial charge in [0, 0.05) is 0 Å². The topological polar surface area (TPSA) is 104 Å². The van der Waals surface area contributed by atoms with Crippen LogP contribution in [-0.4, -0.2) is 39.8 Å². The number of hydrogen-bond acceptors (Lipinski definition) is 7. The highest BCUT2D eigenvalue weighted by atomic mass is 16.6. The van der Waals surface area contributed by atoms with Crippen molar-refractivity contribution in [3.05, 3.63) is 11.8 Å². The molecule has 8 nitrogen and oxygen atoms in total. The monoisotopic (exact) mass is 367 g/mol. The fourth-order valence-corrected chi connectivity index (χ4v) is 2.76. The smallest absolute Gasteiger partial charge is 0.408 e. The van der Waals surface area contributed by atoms with Crippen molar-refractivity contribution >= 4 is 11.9 Å². The SMILES string of the molecule is CC(C)C(NC(=O)OC(C)(C)C)C(=O)c1nnc(COC2CCCC2)o1. The largest absolute Gasteiger partial charge is 0.444 e. The molecule has 2 rings (SSSR count). The van der Waals surface area contributed by atoms with E-state index in [9.17, 15) is 9.59 Å². The Labute approximate surface area is 154 Å². The molecule has 0 spiro atoms. The highest BCUT2D eigenvalue weighted by Crippen LogP contribution is 2.22. The number of hydrogen-bond donors (Lipinski definition) is 1. The third-order valence-electron chi connectivity index (χ3n) is 4.04. The molecule has 1 amide bonds. The molecular weight excluding hydrogens is 338 g/mol. The van der Waals surface area contributed by atoms with Crippen molar-refractivity contribution in [3.63, 3.8) is 0 Å². The van der Waals surface area contributed by atoms with Crippen LogP contribution in [0.15, 0.2) is 4.42 Å². The zero-order valence-corrected chi connectivity index (χ0v) is 16.2. The minimum Gasteiger partial charge on any atom is -0.444 e. The van der Waals surface area contributed by atoms with Crippen LogP contribution in [0.3, 0.4) is 0 Å². The van der Waals surface area contributed by atoms with Crippen molar-refractivity contribution in [1.82, 2.24) is 15.5 Å². The van der Waals surface area contributed by atoms with Gasteiger partial charge in [-0.05, 0) is 39.5 Å². The average Bonchev–Trinajstić information content (AvgIpc) is 3.19. The van der Waals surface area contributed by atoms with Gasteiger partial charge in [0.1, 0.15) is 18.2 Å². The Hall–Kier alpha value is -1.96. The second-order valence-corrected chi connectivity index (χ2v) is 7.95. The molecule has 1 aliphatic rings. The fourth-order valence-electron chi connectivity index (χ4n) is 2.76. The van der Waals surface area contributed by atoms with Crippen LogP contribution < -0.4 is 5.32 Å². The molecule has 1 unspecified atom stereocenters. The number of nitrogens with one attached hydrogen (secondary N) is 1. The number of amides is 1. The van der Waals surface area contributed by atoms with Gasteiger partial charge in [0.25, 0.3) is 5.89 Å². The molecule has 0 saturated heterocycles. The molecule has 1 heterocycles. The number of carbonyl (C=O) groups excluding carboxylic acids is 2. The van der Waals surface area contributed by atoms with Gasteiger partial charge in [0.15, 0.2) is 0 Å². The van der Waals surface area contributed by atoms with Crippen LogP contribution in [0, 0.1) is 5.92 Å². The maximum absolute atomic E-state index is 12.7. The molecule has 8 heteroatoms. The van der Waals surface area contributed by atoms with E-state index in [1.165, 1.54) is 12.8 Å². The Morgan fingerprint density at radius 2 is 1.88 bits per heavy atom. The average molecular weight is 367 g/mol. The molecule has 1 saturated carbocycles. The first kappa shape index (κ1) is 20.4. The molecule has 0 aliphatic heterocycles. The zero-order valence-electron chi connectivity index (χ0n) is 16.2. The molecule has 1 aromatic heterocycles. The van der Waals surface area contributed by atoms with E-state index < -0.39 is 23.5 Å². The van der Waals surface area contributed by atoms with E-state index in [1.54, 1.807) is 20.8 Å². The lowest BCUT2D eigenvalue weighted by Gasteiger charge is -2.24. The van der Waals surface area contributed by atoms with Crippen LogP contribution >= 0.6 is 0 Å². The standard InChI is InChI=1S/C18H29N3O5/c1-11(2)14(19-17(23)26-18(3,4)5)15(22)16-21-20-13(25-16)10-24-12-8-6-7-9-12/h11-12,14H,6-10H2,1-5H3,(H,19,23). The lowest BCUT2D eigenvalue weighted by molar-refractivity contribution is 0.0324. The third kappa shape index (κ3) is 6.09. The number of ether oxygens (including phenoxy) is 2. The highest BCUT2D eigenvalue weighted by Gasteiger charge is 2.31.